The molecule has 0 atom stereocenters. The molecule has 1 aromatic rings. The van der Waals surface area contributed by atoms with Gasteiger partial charge in [-0.25, -0.2) is 0 Å². The van der Waals surface area contributed by atoms with E-state index in [1.54, 1.807) is 19.1 Å². The predicted molar refractivity (Wildman–Crippen MR) is 66.2 cm³/mol. The lowest BCUT2D eigenvalue weighted by atomic mass is 10.2. The summed E-state index contributed by atoms with van der Waals surface area (Å²) in [6, 6.07) is 5.40. The summed E-state index contributed by atoms with van der Waals surface area (Å²) in [7, 11) is 0. The van der Waals surface area contributed by atoms with E-state index in [9.17, 15) is 10.1 Å². The minimum absolute atomic E-state index is 0.0231. The van der Waals surface area contributed by atoms with Gasteiger partial charge in [0.15, 0.2) is 5.75 Å². The maximum atomic E-state index is 10.9. The van der Waals surface area contributed by atoms with Crippen molar-refractivity contribution in [1.29, 1.82) is 0 Å². The van der Waals surface area contributed by atoms with Crippen molar-refractivity contribution in [3.05, 3.63) is 33.9 Å². The van der Waals surface area contributed by atoms with E-state index in [1.807, 2.05) is 19.9 Å². The molecule has 5 nitrogen and oxygen atoms in total. The molecule has 0 saturated heterocycles. The van der Waals surface area contributed by atoms with E-state index < -0.39 is 4.92 Å². The fourth-order valence-electron chi connectivity index (χ4n) is 1.42. The van der Waals surface area contributed by atoms with Crippen LogP contribution >= 0.6 is 0 Å². The summed E-state index contributed by atoms with van der Waals surface area (Å²) in [6.07, 6.45) is 0. The molecule has 0 bridgehead atoms. The number of hydrogen-bond donors (Lipinski definition) is 1. The first kappa shape index (κ1) is 13.4. The van der Waals surface area contributed by atoms with Gasteiger partial charge >= 0.3 is 5.69 Å². The maximum absolute atomic E-state index is 10.9. The Kier molecular flexibility index (Phi) is 4.90. The van der Waals surface area contributed by atoms with Gasteiger partial charge in [-0.05, 0) is 18.6 Å². The van der Waals surface area contributed by atoms with Gasteiger partial charge in [0.1, 0.15) is 0 Å². The van der Waals surface area contributed by atoms with Crippen molar-refractivity contribution in [3.63, 3.8) is 0 Å². The molecule has 1 aromatic carbocycles. The van der Waals surface area contributed by atoms with Crippen LogP contribution in [0, 0.1) is 10.1 Å². The highest BCUT2D eigenvalue weighted by Crippen LogP contribution is 2.27. The number of rotatable bonds is 6. The van der Waals surface area contributed by atoms with Crippen molar-refractivity contribution in [2.45, 2.75) is 33.4 Å². The summed E-state index contributed by atoms with van der Waals surface area (Å²) in [4.78, 5) is 10.5. The molecule has 0 saturated carbocycles. The molecule has 0 amide bonds. The van der Waals surface area contributed by atoms with Crippen molar-refractivity contribution < 1.29 is 9.66 Å². The fourth-order valence-corrected chi connectivity index (χ4v) is 1.42. The van der Waals surface area contributed by atoms with E-state index >= 15 is 0 Å². The molecule has 1 N–H and O–H groups in total. The zero-order chi connectivity index (χ0) is 12.8. The average Bonchev–Trinajstić information content (AvgIpc) is 2.27. The molecule has 17 heavy (non-hydrogen) atoms. The van der Waals surface area contributed by atoms with Crippen LogP contribution in [-0.4, -0.2) is 17.6 Å². The molecule has 0 unspecified atom stereocenters. The fraction of sp³-hybridized carbons (Fsp3) is 0.500. The normalized spacial score (nSPS) is 10.6. The highest BCUT2D eigenvalue weighted by atomic mass is 16.6. The quantitative estimate of drug-likeness (QED) is 0.611. The lowest BCUT2D eigenvalue weighted by Crippen LogP contribution is -2.21. The van der Waals surface area contributed by atoms with Crippen molar-refractivity contribution in [2.24, 2.45) is 0 Å². The second-order valence-corrected chi connectivity index (χ2v) is 4.03. The van der Waals surface area contributed by atoms with Crippen molar-refractivity contribution in [2.75, 3.05) is 6.61 Å². The van der Waals surface area contributed by atoms with E-state index in [-0.39, 0.29) is 5.69 Å². The number of nitrogens with one attached hydrogen (secondary N) is 1. The maximum Gasteiger partial charge on any atom is 0.311 e. The summed E-state index contributed by atoms with van der Waals surface area (Å²) in [5, 5.41) is 14.1. The third-order valence-corrected chi connectivity index (χ3v) is 2.23. The van der Waals surface area contributed by atoms with Gasteiger partial charge in [-0.2, -0.15) is 0 Å². The Morgan fingerprint density at radius 2 is 2.18 bits per heavy atom. The molecule has 0 aliphatic carbocycles. The van der Waals surface area contributed by atoms with Crippen molar-refractivity contribution in [3.8, 4) is 5.75 Å². The van der Waals surface area contributed by atoms with E-state index in [4.69, 9.17) is 4.74 Å². The van der Waals surface area contributed by atoms with Gasteiger partial charge in [-0.3, -0.25) is 10.1 Å². The zero-order valence-corrected chi connectivity index (χ0v) is 10.4. The van der Waals surface area contributed by atoms with E-state index in [2.05, 4.69) is 5.32 Å². The third-order valence-electron chi connectivity index (χ3n) is 2.23. The van der Waals surface area contributed by atoms with Gasteiger partial charge in [-0.15, -0.1) is 0 Å². The van der Waals surface area contributed by atoms with Crippen molar-refractivity contribution in [1.82, 2.24) is 5.32 Å². The minimum Gasteiger partial charge on any atom is -0.487 e. The van der Waals surface area contributed by atoms with Crippen LogP contribution in [-0.2, 0) is 6.54 Å². The SMILES string of the molecule is CCOc1ccc(CNC(C)C)cc1[N+](=O)[O-]. The highest BCUT2D eigenvalue weighted by Gasteiger charge is 2.15. The van der Waals surface area contributed by atoms with Crippen LogP contribution in [0.5, 0.6) is 5.75 Å². The Morgan fingerprint density at radius 3 is 2.71 bits per heavy atom. The second kappa shape index (κ2) is 6.20. The topological polar surface area (TPSA) is 64.4 Å². The molecule has 0 heterocycles. The number of nitrogens with zero attached hydrogens (tertiary/aromatic N) is 1. The summed E-state index contributed by atoms with van der Waals surface area (Å²) in [6.45, 7) is 6.90. The first-order valence-electron chi connectivity index (χ1n) is 5.68. The molecular weight excluding hydrogens is 220 g/mol. The predicted octanol–water partition coefficient (Wildman–Crippen LogP) is 2.49. The Hall–Kier alpha value is -1.62. The van der Waals surface area contributed by atoms with Gasteiger partial charge in [0.25, 0.3) is 0 Å². The van der Waals surface area contributed by atoms with Crippen LogP contribution in [0.2, 0.25) is 0 Å². The number of nitro groups is 1. The molecule has 1 rings (SSSR count). The monoisotopic (exact) mass is 238 g/mol. The van der Waals surface area contributed by atoms with Crippen LogP contribution < -0.4 is 10.1 Å². The van der Waals surface area contributed by atoms with Gasteiger partial charge in [0, 0.05) is 18.7 Å². The molecule has 0 aliphatic heterocycles. The van der Waals surface area contributed by atoms with Crippen LogP contribution in [0.3, 0.4) is 0 Å². The number of nitro benzene ring substituents is 1. The summed E-state index contributed by atoms with van der Waals surface area (Å²) in [5.74, 6) is 0.325. The van der Waals surface area contributed by atoms with Crippen LogP contribution in [0.15, 0.2) is 18.2 Å². The lowest BCUT2D eigenvalue weighted by molar-refractivity contribution is -0.385. The Balaban J connectivity index is 2.89. The first-order valence-corrected chi connectivity index (χ1v) is 5.68. The standard InChI is InChI=1S/C12H18N2O3/c1-4-17-12-6-5-10(8-13-9(2)3)7-11(12)14(15)16/h5-7,9,13H,4,8H2,1-3H3. The lowest BCUT2D eigenvalue weighted by Gasteiger charge is -2.09. The molecule has 5 heteroatoms. The average molecular weight is 238 g/mol. The van der Waals surface area contributed by atoms with Crippen molar-refractivity contribution >= 4 is 5.69 Å². The summed E-state index contributed by atoms with van der Waals surface area (Å²) >= 11 is 0. The third kappa shape index (κ3) is 4.03. The smallest absolute Gasteiger partial charge is 0.311 e. The van der Waals surface area contributed by atoms with E-state index in [0.717, 1.165) is 5.56 Å². The zero-order valence-electron chi connectivity index (χ0n) is 10.4. The second-order valence-electron chi connectivity index (χ2n) is 4.03. The molecule has 0 aliphatic rings. The van der Waals surface area contributed by atoms with E-state index in [0.29, 0.717) is 24.9 Å². The molecular formula is C12H18N2O3. The molecule has 0 aromatic heterocycles. The summed E-state index contributed by atoms with van der Waals surface area (Å²) in [5.41, 5.74) is 0.906. The minimum atomic E-state index is -0.413. The molecule has 0 radical (unpaired) electrons. The van der Waals surface area contributed by atoms with E-state index in [1.165, 1.54) is 0 Å². The Bertz CT molecular complexity index is 391. The van der Waals surface area contributed by atoms with Gasteiger partial charge in [0.2, 0.25) is 0 Å². The molecule has 0 fully saturated rings. The van der Waals surface area contributed by atoms with Gasteiger partial charge in [-0.1, -0.05) is 19.9 Å². The molecule has 94 valence electrons. The van der Waals surface area contributed by atoms with Crippen LogP contribution in [0.1, 0.15) is 26.3 Å². The highest BCUT2D eigenvalue weighted by molar-refractivity contribution is 5.48. The largest absolute Gasteiger partial charge is 0.487 e. The number of ether oxygens (including phenoxy) is 1. The van der Waals surface area contributed by atoms with Crippen LogP contribution in [0.25, 0.3) is 0 Å². The first-order chi connectivity index (χ1) is 8.04. The Labute approximate surface area is 101 Å². The van der Waals surface area contributed by atoms with Crippen LogP contribution in [0.4, 0.5) is 5.69 Å². The number of hydrogen-bond acceptors (Lipinski definition) is 4. The van der Waals surface area contributed by atoms with Gasteiger partial charge < -0.3 is 10.1 Å². The number of benzene rings is 1. The summed E-state index contributed by atoms with van der Waals surface area (Å²) < 4.78 is 5.22. The molecule has 0 spiro atoms. The Morgan fingerprint density at radius 1 is 1.47 bits per heavy atom. The van der Waals surface area contributed by atoms with Gasteiger partial charge in [0.05, 0.1) is 11.5 Å².